The third kappa shape index (κ3) is 2.65. The van der Waals surface area contributed by atoms with Crippen molar-refractivity contribution < 1.29 is 4.42 Å². The van der Waals surface area contributed by atoms with Gasteiger partial charge in [-0.25, -0.2) is 0 Å². The van der Waals surface area contributed by atoms with Gasteiger partial charge in [0.2, 0.25) is 11.8 Å². The molecule has 0 aliphatic heterocycles. The molecule has 0 aliphatic rings. The highest BCUT2D eigenvalue weighted by Gasteiger charge is 2.09. The fourth-order valence-electron chi connectivity index (χ4n) is 1.94. The van der Waals surface area contributed by atoms with Crippen LogP contribution in [0, 0.1) is 0 Å². The molecule has 0 atom stereocenters. The quantitative estimate of drug-likeness (QED) is 0.712. The lowest BCUT2D eigenvalue weighted by atomic mass is 10.2. The van der Waals surface area contributed by atoms with Crippen LogP contribution < -0.4 is 5.32 Å². The molecule has 0 spiro atoms. The number of rotatable bonds is 5. The van der Waals surface area contributed by atoms with E-state index in [9.17, 15) is 0 Å². The maximum Gasteiger partial charge on any atom is 0.247 e. The van der Waals surface area contributed by atoms with Crippen molar-refractivity contribution in [2.24, 2.45) is 0 Å². The predicted octanol–water partition coefficient (Wildman–Crippen LogP) is 1.83. The molecule has 0 saturated heterocycles. The van der Waals surface area contributed by atoms with Gasteiger partial charge in [0.15, 0.2) is 0 Å². The molecule has 6 nitrogen and oxygen atoms in total. The van der Waals surface area contributed by atoms with Crippen molar-refractivity contribution in [2.75, 3.05) is 13.1 Å². The highest BCUT2D eigenvalue weighted by Crippen LogP contribution is 2.21. The molecule has 2 heterocycles. The monoisotopic (exact) mass is 269 g/mol. The topological polar surface area (TPSA) is 76.7 Å². The van der Waals surface area contributed by atoms with E-state index in [0.717, 1.165) is 36.1 Å². The lowest BCUT2D eigenvalue weighted by Gasteiger charge is -1.98. The molecule has 6 heteroatoms. The minimum absolute atomic E-state index is 0.518. The first-order valence-corrected chi connectivity index (χ1v) is 6.61. The summed E-state index contributed by atoms with van der Waals surface area (Å²) in [5.74, 6) is 1.16. The highest BCUT2D eigenvalue weighted by atomic mass is 16.4. The number of hydrogen-bond acceptors (Lipinski definition) is 6. The van der Waals surface area contributed by atoms with Gasteiger partial charge in [0, 0.05) is 30.9 Å². The fourth-order valence-corrected chi connectivity index (χ4v) is 1.94. The van der Waals surface area contributed by atoms with E-state index < -0.39 is 0 Å². The van der Waals surface area contributed by atoms with Crippen LogP contribution in [-0.4, -0.2) is 33.3 Å². The zero-order valence-corrected chi connectivity index (χ0v) is 11.2. The number of likely N-dealkylation sites (N-methyl/N-ethyl adjacent to an activating group) is 1. The summed E-state index contributed by atoms with van der Waals surface area (Å²) < 4.78 is 5.65. The van der Waals surface area contributed by atoms with Crippen LogP contribution in [0.15, 0.2) is 35.0 Å². The van der Waals surface area contributed by atoms with Crippen molar-refractivity contribution in [3.8, 4) is 11.5 Å². The molecule has 0 bridgehead atoms. The van der Waals surface area contributed by atoms with E-state index in [1.807, 2.05) is 18.2 Å². The summed E-state index contributed by atoms with van der Waals surface area (Å²) in [7, 11) is 0. The van der Waals surface area contributed by atoms with Crippen molar-refractivity contribution in [3.63, 3.8) is 0 Å². The Balaban J connectivity index is 1.83. The first kappa shape index (κ1) is 12.7. The number of fused-ring (bicyclic) bond motifs is 1. The summed E-state index contributed by atoms with van der Waals surface area (Å²) >= 11 is 0. The highest BCUT2D eigenvalue weighted by molar-refractivity contribution is 5.78. The SMILES string of the molecule is CCNCCc1nnc(-c2ccc3nccnc3c2)o1. The number of hydrogen-bond donors (Lipinski definition) is 1. The van der Waals surface area contributed by atoms with Gasteiger partial charge in [0.25, 0.3) is 0 Å². The van der Waals surface area contributed by atoms with E-state index in [2.05, 4.69) is 32.4 Å². The second-order valence-corrected chi connectivity index (χ2v) is 4.36. The average Bonchev–Trinajstić information content (AvgIpc) is 2.96. The van der Waals surface area contributed by atoms with Crippen molar-refractivity contribution in [1.82, 2.24) is 25.5 Å². The summed E-state index contributed by atoms with van der Waals surface area (Å²) in [6.45, 7) is 3.83. The Kier molecular flexibility index (Phi) is 3.64. The van der Waals surface area contributed by atoms with E-state index in [4.69, 9.17) is 4.42 Å². The first-order chi connectivity index (χ1) is 9.86. The van der Waals surface area contributed by atoms with Gasteiger partial charge < -0.3 is 9.73 Å². The van der Waals surface area contributed by atoms with E-state index in [-0.39, 0.29) is 0 Å². The summed E-state index contributed by atoms with van der Waals surface area (Å²) in [5, 5.41) is 11.4. The summed E-state index contributed by atoms with van der Waals surface area (Å²) in [6, 6.07) is 5.72. The Hall–Kier alpha value is -2.34. The van der Waals surface area contributed by atoms with Gasteiger partial charge in [0.05, 0.1) is 11.0 Å². The molecule has 3 rings (SSSR count). The summed E-state index contributed by atoms with van der Waals surface area (Å²) in [5.41, 5.74) is 2.53. The van der Waals surface area contributed by atoms with Gasteiger partial charge in [-0.2, -0.15) is 0 Å². The van der Waals surface area contributed by atoms with E-state index >= 15 is 0 Å². The molecule has 102 valence electrons. The standard InChI is InChI=1S/C14H15N5O/c1-2-15-6-5-13-18-19-14(20-13)10-3-4-11-12(9-10)17-8-7-16-11/h3-4,7-9,15H,2,5-6H2,1H3. The molecule has 0 unspecified atom stereocenters. The lowest BCUT2D eigenvalue weighted by Crippen LogP contribution is -2.16. The largest absolute Gasteiger partial charge is 0.421 e. The normalized spacial score (nSPS) is 11.1. The molecule has 0 aliphatic carbocycles. The lowest BCUT2D eigenvalue weighted by molar-refractivity contribution is 0.496. The zero-order valence-electron chi connectivity index (χ0n) is 11.2. The summed E-state index contributed by atoms with van der Waals surface area (Å²) in [4.78, 5) is 8.51. The van der Waals surface area contributed by atoms with Crippen molar-refractivity contribution in [1.29, 1.82) is 0 Å². The van der Waals surface area contributed by atoms with Gasteiger partial charge in [0.1, 0.15) is 0 Å². The van der Waals surface area contributed by atoms with Gasteiger partial charge in [-0.3, -0.25) is 9.97 Å². The van der Waals surface area contributed by atoms with Crippen LogP contribution in [0.1, 0.15) is 12.8 Å². The van der Waals surface area contributed by atoms with Crippen molar-refractivity contribution in [2.45, 2.75) is 13.3 Å². The van der Waals surface area contributed by atoms with Gasteiger partial charge in [-0.05, 0) is 24.7 Å². The molecule has 2 aromatic heterocycles. The fraction of sp³-hybridized carbons (Fsp3) is 0.286. The third-order valence-electron chi connectivity index (χ3n) is 2.95. The Morgan fingerprint density at radius 2 is 1.95 bits per heavy atom. The van der Waals surface area contributed by atoms with E-state index in [1.54, 1.807) is 12.4 Å². The maximum absolute atomic E-state index is 5.65. The van der Waals surface area contributed by atoms with Crippen LogP contribution in [0.2, 0.25) is 0 Å². The zero-order chi connectivity index (χ0) is 13.8. The smallest absolute Gasteiger partial charge is 0.247 e. The Morgan fingerprint density at radius 1 is 1.10 bits per heavy atom. The van der Waals surface area contributed by atoms with Crippen LogP contribution in [-0.2, 0) is 6.42 Å². The number of nitrogens with zero attached hydrogens (tertiary/aromatic N) is 4. The minimum atomic E-state index is 0.518. The molecule has 20 heavy (non-hydrogen) atoms. The molecular weight excluding hydrogens is 254 g/mol. The molecule has 1 N–H and O–H groups in total. The number of nitrogens with one attached hydrogen (secondary N) is 1. The first-order valence-electron chi connectivity index (χ1n) is 6.61. The van der Waals surface area contributed by atoms with Crippen LogP contribution in [0.4, 0.5) is 0 Å². The van der Waals surface area contributed by atoms with Crippen LogP contribution in [0.25, 0.3) is 22.5 Å². The molecule has 3 aromatic rings. The average molecular weight is 269 g/mol. The van der Waals surface area contributed by atoms with E-state index in [0.29, 0.717) is 11.8 Å². The maximum atomic E-state index is 5.65. The van der Waals surface area contributed by atoms with Crippen molar-refractivity contribution >= 4 is 11.0 Å². The number of benzene rings is 1. The minimum Gasteiger partial charge on any atom is -0.421 e. The van der Waals surface area contributed by atoms with E-state index in [1.165, 1.54) is 0 Å². The van der Waals surface area contributed by atoms with Crippen LogP contribution in [0.5, 0.6) is 0 Å². The Bertz CT molecular complexity index is 709. The molecule has 0 amide bonds. The second-order valence-electron chi connectivity index (χ2n) is 4.36. The molecule has 0 saturated carbocycles. The molecular formula is C14H15N5O. The predicted molar refractivity (Wildman–Crippen MR) is 75.1 cm³/mol. The van der Waals surface area contributed by atoms with Gasteiger partial charge >= 0.3 is 0 Å². The molecule has 0 fully saturated rings. The Morgan fingerprint density at radius 3 is 2.80 bits per heavy atom. The van der Waals surface area contributed by atoms with Crippen LogP contribution >= 0.6 is 0 Å². The van der Waals surface area contributed by atoms with Crippen molar-refractivity contribution in [3.05, 3.63) is 36.5 Å². The second kappa shape index (κ2) is 5.75. The van der Waals surface area contributed by atoms with Gasteiger partial charge in [-0.1, -0.05) is 6.92 Å². The third-order valence-corrected chi connectivity index (χ3v) is 2.95. The molecule has 1 aromatic carbocycles. The number of aromatic nitrogens is 4. The van der Waals surface area contributed by atoms with Gasteiger partial charge in [-0.15, -0.1) is 10.2 Å². The molecule has 0 radical (unpaired) electrons. The summed E-state index contributed by atoms with van der Waals surface area (Å²) in [6.07, 6.45) is 4.07. The van der Waals surface area contributed by atoms with Crippen LogP contribution in [0.3, 0.4) is 0 Å². The Labute approximate surface area is 116 Å².